The Morgan fingerprint density at radius 3 is 2.64 bits per heavy atom. The van der Waals surface area contributed by atoms with Crippen LogP contribution in [-0.4, -0.2) is 7.05 Å². The minimum absolute atomic E-state index is 0.301. The van der Waals surface area contributed by atoms with E-state index in [2.05, 4.69) is 0 Å². The van der Waals surface area contributed by atoms with Crippen molar-refractivity contribution in [2.45, 2.75) is 0 Å². The smallest absolute Gasteiger partial charge is 0.184 e. The van der Waals surface area contributed by atoms with Crippen molar-refractivity contribution in [2.24, 2.45) is 0 Å². The van der Waals surface area contributed by atoms with E-state index < -0.39 is 0 Å². The van der Waals surface area contributed by atoms with Crippen molar-refractivity contribution in [3.63, 3.8) is 0 Å². The van der Waals surface area contributed by atoms with Crippen LogP contribution in [-0.2, 0) is 0 Å². The first-order valence-electron chi connectivity index (χ1n) is 3.13. The van der Waals surface area contributed by atoms with Gasteiger partial charge in [0.15, 0.2) is 6.19 Å². The highest BCUT2D eigenvalue weighted by Gasteiger charge is 2.03. The van der Waals surface area contributed by atoms with Crippen LogP contribution in [0.4, 0.5) is 10.1 Å². The third kappa shape index (κ3) is 1.47. The Kier molecular flexibility index (Phi) is 2.07. The van der Waals surface area contributed by atoms with E-state index in [1.165, 1.54) is 18.0 Å². The first kappa shape index (κ1) is 7.55. The van der Waals surface area contributed by atoms with E-state index >= 15 is 0 Å². The summed E-state index contributed by atoms with van der Waals surface area (Å²) in [6.07, 6.45) is 1.82. The van der Waals surface area contributed by atoms with Gasteiger partial charge in [0.2, 0.25) is 0 Å². The maximum Gasteiger partial charge on any atom is 0.184 e. The van der Waals surface area contributed by atoms with Crippen LogP contribution < -0.4 is 4.90 Å². The lowest BCUT2D eigenvalue weighted by atomic mass is 10.3. The van der Waals surface area contributed by atoms with Gasteiger partial charge >= 0.3 is 0 Å². The van der Waals surface area contributed by atoms with Gasteiger partial charge in [0.05, 0.1) is 5.69 Å². The summed E-state index contributed by atoms with van der Waals surface area (Å²) in [5, 5.41) is 8.42. The zero-order chi connectivity index (χ0) is 8.27. The molecule has 0 spiro atoms. The van der Waals surface area contributed by atoms with Crippen molar-refractivity contribution >= 4 is 5.69 Å². The van der Waals surface area contributed by atoms with Crippen LogP contribution in [0.2, 0.25) is 0 Å². The summed E-state index contributed by atoms with van der Waals surface area (Å²) in [5.74, 6) is -0.378. The molecule has 0 N–H and O–H groups in total. The van der Waals surface area contributed by atoms with Crippen molar-refractivity contribution in [2.75, 3.05) is 11.9 Å². The average Bonchev–Trinajstić information content (AvgIpc) is 2.04. The van der Waals surface area contributed by atoms with Crippen molar-refractivity contribution in [3.05, 3.63) is 30.1 Å². The number of halogens is 1. The summed E-state index contributed by atoms with van der Waals surface area (Å²) in [6, 6.07) is 6.15. The van der Waals surface area contributed by atoms with Crippen molar-refractivity contribution in [3.8, 4) is 6.19 Å². The van der Waals surface area contributed by atoms with Crippen molar-refractivity contribution in [1.29, 1.82) is 5.26 Å². The fourth-order valence-corrected chi connectivity index (χ4v) is 0.778. The Morgan fingerprint density at radius 1 is 1.45 bits per heavy atom. The lowest BCUT2D eigenvalue weighted by molar-refractivity contribution is 0.628. The van der Waals surface area contributed by atoms with Gasteiger partial charge in [-0.15, -0.1) is 0 Å². The summed E-state index contributed by atoms with van der Waals surface area (Å²) in [7, 11) is 1.51. The number of hydrogen-bond donors (Lipinski definition) is 0. The van der Waals surface area contributed by atoms with Crippen LogP contribution in [0.25, 0.3) is 0 Å². The lowest BCUT2D eigenvalue weighted by Gasteiger charge is -2.08. The topological polar surface area (TPSA) is 27.0 Å². The molecule has 11 heavy (non-hydrogen) atoms. The number of anilines is 1. The predicted octanol–water partition coefficient (Wildman–Crippen LogP) is 1.74. The Morgan fingerprint density at radius 2 is 2.09 bits per heavy atom. The van der Waals surface area contributed by atoms with E-state index in [1.54, 1.807) is 18.2 Å². The van der Waals surface area contributed by atoms with Gasteiger partial charge in [-0.1, -0.05) is 12.1 Å². The molecule has 3 heteroatoms. The minimum Gasteiger partial charge on any atom is -0.280 e. The lowest BCUT2D eigenvalue weighted by Crippen LogP contribution is -2.09. The van der Waals surface area contributed by atoms with E-state index in [0.29, 0.717) is 5.69 Å². The van der Waals surface area contributed by atoms with Crippen LogP contribution in [0.5, 0.6) is 0 Å². The summed E-state index contributed by atoms with van der Waals surface area (Å²) >= 11 is 0. The quantitative estimate of drug-likeness (QED) is 0.450. The van der Waals surface area contributed by atoms with E-state index in [-0.39, 0.29) is 5.82 Å². The van der Waals surface area contributed by atoms with E-state index in [0.717, 1.165) is 0 Å². The third-order valence-corrected chi connectivity index (χ3v) is 1.36. The predicted molar refractivity (Wildman–Crippen MR) is 40.4 cm³/mol. The molecular formula is C8H7FN2. The number of hydrogen-bond acceptors (Lipinski definition) is 2. The summed E-state index contributed by atoms with van der Waals surface area (Å²) in [4.78, 5) is 1.18. The molecule has 0 saturated carbocycles. The molecule has 0 amide bonds. The van der Waals surface area contributed by atoms with E-state index in [1.807, 2.05) is 6.19 Å². The first-order valence-corrected chi connectivity index (χ1v) is 3.13. The third-order valence-electron chi connectivity index (χ3n) is 1.36. The number of benzene rings is 1. The van der Waals surface area contributed by atoms with Gasteiger partial charge in [-0.05, 0) is 12.1 Å². The Hall–Kier alpha value is -1.56. The second kappa shape index (κ2) is 3.02. The maximum absolute atomic E-state index is 12.8. The Labute approximate surface area is 64.5 Å². The standard InChI is InChI=1S/C8H7FN2/c1-11(6-10)8-5-3-2-4-7(8)9/h2-5H,1H3. The van der Waals surface area contributed by atoms with Crippen molar-refractivity contribution < 1.29 is 4.39 Å². The largest absolute Gasteiger partial charge is 0.280 e. The molecule has 0 bridgehead atoms. The highest BCUT2D eigenvalue weighted by Crippen LogP contribution is 2.15. The maximum atomic E-state index is 12.8. The number of para-hydroxylation sites is 1. The van der Waals surface area contributed by atoms with Gasteiger partial charge in [0.1, 0.15) is 5.82 Å². The molecule has 0 atom stereocenters. The molecule has 0 unspecified atom stereocenters. The number of nitrogens with zero attached hydrogens (tertiary/aromatic N) is 2. The zero-order valence-corrected chi connectivity index (χ0v) is 6.08. The Balaban J connectivity index is 3.05. The van der Waals surface area contributed by atoms with Crippen LogP contribution in [0, 0.1) is 17.3 Å². The van der Waals surface area contributed by atoms with Gasteiger partial charge < -0.3 is 0 Å². The second-order valence-corrected chi connectivity index (χ2v) is 2.11. The van der Waals surface area contributed by atoms with Gasteiger partial charge in [-0.25, -0.2) is 4.39 Å². The molecule has 1 aromatic carbocycles. The molecular weight excluding hydrogens is 143 g/mol. The number of nitriles is 1. The highest BCUT2D eigenvalue weighted by molar-refractivity contribution is 5.50. The fourth-order valence-electron chi connectivity index (χ4n) is 0.778. The number of rotatable bonds is 1. The molecule has 0 heterocycles. The van der Waals surface area contributed by atoms with Crippen LogP contribution in [0.15, 0.2) is 24.3 Å². The normalized spacial score (nSPS) is 8.82. The second-order valence-electron chi connectivity index (χ2n) is 2.11. The molecule has 0 saturated heterocycles. The van der Waals surface area contributed by atoms with E-state index in [9.17, 15) is 4.39 Å². The zero-order valence-electron chi connectivity index (χ0n) is 6.08. The molecule has 0 aromatic heterocycles. The fraction of sp³-hybridized carbons (Fsp3) is 0.125. The van der Waals surface area contributed by atoms with Gasteiger partial charge in [0.25, 0.3) is 0 Å². The molecule has 0 aliphatic carbocycles. The monoisotopic (exact) mass is 150 g/mol. The SMILES string of the molecule is CN(C#N)c1ccccc1F. The molecule has 1 aromatic rings. The van der Waals surface area contributed by atoms with Crippen LogP contribution in [0.1, 0.15) is 0 Å². The van der Waals surface area contributed by atoms with Gasteiger partial charge in [-0.2, -0.15) is 5.26 Å². The Bertz CT molecular complexity index is 290. The summed E-state index contributed by atoms with van der Waals surface area (Å²) in [6.45, 7) is 0. The molecule has 0 radical (unpaired) electrons. The molecule has 0 aliphatic heterocycles. The molecule has 1 rings (SSSR count). The molecule has 56 valence electrons. The average molecular weight is 150 g/mol. The van der Waals surface area contributed by atoms with E-state index in [4.69, 9.17) is 5.26 Å². The minimum atomic E-state index is -0.378. The van der Waals surface area contributed by atoms with Crippen molar-refractivity contribution in [1.82, 2.24) is 0 Å². The molecule has 0 fully saturated rings. The summed E-state index contributed by atoms with van der Waals surface area (Å²) < 4.78 is 12.8. The first-order chi connectivity index (χ1) is 5.25. The van der Waals surface area contributed by atoms with Crippen LogP contribution in [0.3, 0.4) is 0 Å². The highest BCUT2D eigenvalue weighted by atomic mass is 19.1. The van der Waals surface area contributed by atoms with Gasteiger partial charge in [-0.3, -0.25) is 4.90 Å². The molecule has 0 aliphatic rings. The molecule has 2 nitrogen and oxygen atoms in total. The van der Waals surface area contributed by atoms with Gasteiger partial charge in [0, 0.05) is 7.05 Å². The summed E-state index contributed by atoms with van der Waals surface area (Å²) in [5.41, 5.74) is 0.301. The van der Waals surface area contributed by atoms with Crippen LogP contribution >= 0.6 is 0 Å².